The maximum atomic E-state index is 12.1. The highest BCUT2D eigenvalue weighted by Gasteiger charge is 2.25. The lowest BCUT2D eigenvalue weighted by atomic mass is 10.1. The highest BCUT2D eigenvalue weighted by molar-refractivity contribution is 7.89. The van der Waals surface area contributed by atoms with Crippen LogP contribution in [0.1, 0.15) is 32.8 Å². The van der Waals surface area contributed by atoms with Crippen molar-refractivity contribution in [3.05, 3.63) is 29.8 Å². The molecular weight excluding hydrogens is 408 g/mol. The van der Waals surface area contributed by atoms with Crippen LogP contribution >= 0.6 is 0 Å². The Kier molecular flexibility index (Phi) is 8.22. The Hall–Kier alpha value is -2.17. The standard InChI is InChI=1S/C20H32N4O5S/c1-20(2,3)29-19(26)24-14-12-23(13-15-24)11-9-18(25)22-10-8-16-4-6-17(7-5-16)30(21,27)28/h4-7H,8-15H2,1-3H3,(H,22,25)(H2,21,27,28). The molecule has 0 aromatic heterocycles. The predicted molar refractivity (Wildman–Crippen MR) is 113 cm³/mol. The summed E-state index contributed by atoms with van der Waals surface area (Å²) < 4.78 is 27.9. The molecule has 0 aliphatic carbocycles. The molecule has 0 saturated carbocycles. The summed E-state index contributed by atoms with van der Waals surface area (Å²) in [7, 11) is -3.69. The number of nitrogens with two attached hydrogens (primary N) is 1. The number of nitrogens with one attached hydrogen (secondary N) is 1. The summed E-state index contributed by atoms with van der Waals surface area (Å²) in [6.07, 6.45) is 0.694. The van der Waals surface area contributed by atoms with Gasteiger partial charge in [-0.3, -0.25) is 9.69 Å². The second-order valence-corrected chi connectivity index (χ2v) is 9.91. The van der Waals surface area contributed by atoms with E-state index in [0.717, 1.165) is 5.56 Å². The number of rotatable bonds is 7. The predicted octanol–water partition coefficient (Wildman–Crippen LogP) is 0.936. The van der Waals surface area contributed by atoms with Crippen molar-refractivity contribution in [2.75, 3.05) is 39.3 Å². The van der Waals surface area contributed by atoms with Crippen LogP contribution < -0.4 is 10.5 Å². The zero-order valence-corrected chi connectivity index (χ0v) is 18.7. The average molecular weight is 441 g/mol. The number of piperazine rings is 1. The molecule has 3 N–H and O–H groups in total. The highest BCUT2D eigenvalue weighted by atomic mass is 32.2. The van der Waals surface area contributed by atoms with E-state index >= 15 is 0 Å². The van der Waals surface area contributed by atoms with Crippen LogP contribution in [0, 0.1) is 0 Å². The van der Waals surface area contributed by atoms with E-state index in [9.17, 15) is 18.0 Å². The van der Waals surface area contributed by atoms with Crippen molar-refractivity contribution in [1.29, 1.82) is 0 Å². The number of hydrogen-bond acceptors (Lipinski definition) is 6. The molecule has 9 nitrogen and oxygen atoms in total. The van der Waals surface area contributed by atoms with Crippen LogP contribution in [-0.4, -0.2) is 75.1 Å². The molecule has 10 heteroatoms. The third-order valence-electron chi connectivity index (χ3n) is 4.67. The van der Waals surface area contributed by atoms with Crippen LogP contribution in [0.4, 0.5) is 4.79 Å². The van der Waals surface area contributed by atoms with Gasteiger partial charge in [0.15, 0.2) is 0 Å². The molecule has 0 unspecified atom stereocenters. The van der Waals surface area contributed by atoms with Crippen molar-refractivity contribution in [2.24, 2.45) is 5.14 Å². The molecule has 0 spiro atoms. The number of carbonyl (C=O) groups is 2. The van der Waals surface area contributed by atoms with Crippen LogP contribution in [0.2, 0.25) is 0 Å². The Morgan fingerprint density at radius 1 is 1.10 bits per heavy atom. The number of primary sulfonamides is 1. The molecule has 1 aliphatic rings. The summed E-state index contributed by atoms with van der Waals surface area (Å²) in [5.74, 6) is -0.0364. The first kappa shape index (κ1) is 24.1. The van der Waals surface area contributed by atoms with Crippen LogP contribution in [0.5, 0.6) is 0 Å². The largest absolute Gasteiger partial charge is 0.444 e. The zero-order valence-electron chi connectivity index (χ0n) is 17.9. The van der Waals surface area contributed by atoms with Gasteiger partial charge in [0.2, 0.25) is 15.9 Å². The smallest absolute Gasteiger partial charge is 0.410 e. The SMILES string of the molecule is CC(C)(C)OC(=O)N1CCN(CCC(=O)NCCc2ccc(S(N)(=O)=O)cc2)CC1. The van der Waals surface area contributed by atoms with E-state index in [4.69, 9.17) is 9.88 Å². The molecule has 1 aromatic carbocycles. The van der Waals surface area contributed by atoms with Gasteiger partial charge in [-0.05, 0) is 44.9 Å². The van der Waals surface area contributed by atoms with Gasteiger partial charge in [-0.15, -0.1) is 0 Å². The molecule has 168 valence electrons. The summed E-state index contributed by atoms with van der Waals surface area (Å²) in [5.41, 5.74) is 0.414. The van der Waals surface area contributed by atoms with Crippen molar-refractivity contribution in [3.8, 4) is 0 Å². The first-order valence-electron chi connectivity index (χ1n) is 10.0. The van der Waals surface area contributed by atoms with Crippen LogP contribution in [-0.2, 0) is 26.0 Å². The highest BCUT2D eigenvalue weighted by Crippen LogP contribution is 2.12. The Labute approximate surface area is 178 Å². The third-order valence-corrected chi connectivity index (χ3v) is 5.60. The van der Waals surface area contributed by atoms with Gasteiger partial charge in [0, 0.05) is 45.7 Å². The fourth-order valence-corrected chi connectivity index (χ4v) is 3.54. The Bertz CT molecular complexity index is 826. The maximum Gasteiger partial charge on any atom is 0.410 e. The van der Waals surface area contributed by atoms with Crippen molar-refractivity contribution in [1.82, 2.24) is 15.1 Å². The Morgan fingerprint density at radius 3 is 2.23 bits per heavy atom. The number of benzene rings is 1. The fraction of sp³-hybridized carbons (Fsp3) is 0.600. The number of ether oxygens (including phenoxy) is 1. The number of hydrogen-bond donors (Lipinski definition) is 2. The van der Waals surface area contributed by atoms with E-state index < -0.39 is 15.6 Å². The number of nitrogens with zero attached hydrogens (tertiary/aromatic N) is 2. The van der Waals surface area contributed by atoms with E-state index in [-0.39, 0.29) is 16.9 Å². The lowest BCUT2D eigenvalue weighted by molar-refractivity contribution is -0.121. The Balaban J connectivity index is 1.63. The van der Waals surface area contributed by atoms with Crippen molar-refractivity contribution in [2.45, 2.75) is 44.1 Å². The number of carbonyl (C=O) groups excluding carboxylic acids is 2. The fourth-order valence-electron chi connectivity index (χ4n) is 3.02. The van der Waals surface area contributed by atoms with Gasteiger partial charge >= 0.3 is 6.09 Å². The monoisotopic (exact) mass is 440 g/mol. The molecule has 2 rings (SSSR count). The minimum absolute atomic E-state index is 0.0364. The third kappa shape index (κ3) is 8.29. The molecule has 2 amide bonds. The molecule has 1 saturated heterocycles. The van der Waals surface area contributed by atoms with Crippen molar-refractivity contribution < 1.29 is 22.7 Å². The molecule has 0 radical (unpaired) electrons. The van der Waals surface area contributed by atoms with E-state index in [2.05, 4.69) is 10.2 Å². The second-order valence-electron chi connectivity index (χ2n) is 8.35. The number of amides is 2. The van der Waals surface area contributed by atoms with Gasteiger partial charge in [0.05, 0.1) is 4.90 Å². The molecule has 1 aromatic rings. The first-order chi connectivity index (χ1) is 13.9. The van der Waals surface area contributed by atoms with Crippen LogP contribution in [0.3, 0.4) is 0 Å². The van der Waals surface area contributed by atoms with Crippen LogP contribution in [0.25, 0.3) is 0 Å². The molecule has 0 bridgehead atoms. The van der Waals surface area contributed by atoms with E-state index in [0.29, 0.717) is 52.1 Å². The lowest BCUT2D eigenvalue weighted by Gasteiger charge is -2.35. The van der Waals surface area contributed by atoms with Gasteiger partial charge in [0.1, 0.15) is 5.60 Å². The normalized spacial score (nSPS) is 15.7. The summed E-state index contributed by atoms with van der Waals surface area (Å²) in [5, 5.41) is 7.95. The minimum atomic E-state index is -3.69. The quantitative estimate of drug-likeness (QED) is 0.651. The van der Waals surface area contributed by atoms with E-state index in [1.165, 1.54) is 12.1 Å². The number of sulfonamides is 1. The Morgan fingerprint density at radius 2 is 1.70 bits per heavy atom. The van der Waals surface area contributed by atoms with Gasteiger partial charge in [-0.1, -0.05) is 12.1 Å². The van der Waals surface area contributed by atoms with Crippen molar-refractivity contribution >= 4 is 22.0 Å². The topological polar surface area (TPSA) is 122 Å². The molecular formula is C20H32N4O5S. The van der Waals surface area contributed by atoms with Gasteiger partial charge in [0.25, 0.3) is 0 Å². The van der Waals surface area contributed by atoms with E-state index in [1.54, 1.807) is 17.0 Å². The molecule has 1 aliphatic heterocycles. The summed E-state index contributed by atoms with van der Waals surface area (Å²) >= 11 is 0. The zero-order chi connectivity index (χ0) is 22.4. The van der Waals surface area contributed by atoms with Crippen molar-refractivity contribution in [3.63, 3.8) is 0 Å². The minimum Gasteiger partial charge on any atom is -0.444 e. The molecule has 30 heavy (non-hydrogen) atoms. The average Bonchev–Trinajstić information content (AvgIpc) is 2.65. The lowest BCUT2D eigenvalue weighted by Crippen LogP contribution is -2.50. The van der Waals surface area contributed by atoms with E-state index in [1.807, 2.05) is 20.8 Å². The molecule has 0 atom stereocenters. The molecule has 1 fully saturated rings. The second kappa shape index (κ2) is 10.2. The van der Waals surface area contributed by atoms with Crippen LogP contribution in [0.15, 0.2) is 29.2 Å². The first-order valence-corrected chi connectivity index (χ1v) is 11.6. The maximum absolute atomic E-state index is 12.1. The summed E-state index contributed by atoms with van der Waals surface area (Å²) in [4.78, 5) is 28.1. The van der Waals surface area contributed by atoms with Gasteiger partial charge in [-0.2, -0.15) is 0 Å². The summed E-state index contributed by atoms with van der Waals surface area (Å²) in [6, 6.07) is 6.30. The molecule has 1 heterocycles. The van der Waals surface area contributed by atoms with Gasteiger partial charge < -0.3 is 15.0 Å². The summed E-state index contributed by atoms with van der Waals surface area (Å²) in [6.45, 7) is 9.25. The van der Waals surface area contributed by atoms with Gasteiger partial charge in [-0.25, -0.2) is 18.4 Å².